The summed E-state index contributed by atoms with van der Waals surface area (Å²) in [5, 5.41) is 6.65. The zero-order chi connectivity index (χ0) is 16.0. The normalized spacial score (nSPS) is 25.9. The molecule has 0 aliphatic carbocycles. The first kappa shape index (κ1) is 14.5. The molecule has 0 aromatic heterocycles. The van der Waals surface area contributed by atoms with E-state index < -0.39 is 5.41 Å². The first-order valence-electron chi connectivity index (χ1n) is 8.37. The molecular weight excluding hydrogens is 284 g/mol. The highest BCUT2D eigenvalue weighted by molar-refractivity contribution is 6.07. The lowest BCUT2D eigenvalue weighted by Gasteiger charge is -2.29. The van der Waals surface area contributed by atoms with E-state index in [0.717, 1.165) is 24.2 Å². The summed E-state index contributed by atoms with van der Waals surface area (Å²) in [6, 6.07) is 16.9. The molecule has 2 aromatic carbocycles. The Morgan fingerprint density at radius 1 is 1.09 bits per heavy atom. The van der Waals surface area contributed by atoms with Gasteiger partial charge in [0.15, 0.2) is 0 Å². The Balaban J connectivity index is 1.79. The van der Waals surface area contributed by atoms with Crippen molar-refractivity contribution < 1.29 is 4.79 Å². The van der Waals surface area contributed by atoms with Crippen molar-refractivity contribution in [2.24, 2.45) is 0 Å². The van der Waals surface area contributed by atoms with E-state index in [9.17, 15) is 4.79 Å². The number of hydrogen-bond donors (Lipinski definition) is 2. The molecule has 3 nitrogen and oxygen atoms in total. The van der Waals surface area contributed by atoms with E-state index >= 15 is 0 Å². The summed E-state index contributed by atoms with van der Waals surface area (Å²) in [6.07, 6.45) is 0.840. The van der Waals surface area contributed by atoms with Gasteiger partial charge in [-0.3, -0.25) is 4.79 Å². The fraction of sp³-hybridized carbons (Fsp3) is 0.350. The van der Waals surface area contributed by atoms with E-state index in [1.54, 1.807) is 0 Å². The van der Waals surface area contributed by atoms with Gasteiger partial charge in [-0.2, -0.15) is 0 Å². The van der Waals surface area contributed by atoms with Crippen molar-refractivity contribution in [3.63, 3.8) is 0 Å². The Bertz CT molecular complexity index is 750. The van der Waals surface area contributed by atoms with Crippen LogP contribution in [-0.4, -0.2) is 12.5 Å². The van der Waals surface area contributed by atoms with Crippen LogP contribution >= 0.6 is 0 Å². The maximum Gasteiger partial charge on any atom is 0.237 e. The minimum Gasteiger partial charge on any atom is -0.325 e. The average molecular weight is 306 g/mol. The molecule has 1 saturated heterocycles. The lowest BCUT2D eigenvalue weighted by molar-refractivity contribution is -0.121. The fourth-order valence-corrected chi connectivity index (χ4v) is 4.08. The molecular formula is C20H22N2O. The second-order valence-corrected chi connectivity index (χ2v) is 6.93. The van der Waals surface area contributed by atoms with Gasteiger partial charge in [-0.15, -0.1) is 0 Å². The third kappa shape index (κ3) is 2.03. The molecule has 118 valence electrons. The summed E-state index contributed by atoms with van der Waals surface area (Å²) in [4.78, 5) is 12.9. The fourth-order valence-electron chi connectivity index (χ4n) is 4.08. The number of carbonyl (C=O) groups excluding carboxylic acids is 1. The first-order valence-corrected chi connectivity index (χ1v) is 8.37. The zero-order valence-electron chi connectivity index (χ0n) is 13.6. The quantitative estimate of drug-likeness (QED) is 0.887. The number of rotatable bonds is 2. The second-order valence-electron chi connectivity index (χ2n) is 6.93. The van der Waals surface area contributed by atoms with Crippen molar-refractivity contribution >= 4 is 11.6 Å². The summed E-state index contributed by atoms with van der Waals surface area (Å²) in [5.41, 5.74) is 4.14. The molecule has 2 aliphatic rings. The first-order chi connectivity index (χ1) is 11.1. The summed E-state index contributed by atoms with van der Waals surface area (Å²) >= 11 is 0. The zero-order valence-corrected chi connectivity index (χ0v) is 13.6. The molecule has 0 saturated carbocycles. The van der Waals surface area contributed by atoms with Crippen molar-refractivity contribution in [3.8, 4) is 0 Å². The van der Waals surface area contributed by atoms with Crippen LogP contribution in [-0.2, 0) is 10.2 Å². The maximum absolute atomic E-state index is 12.9. The third-order valence-electron chi connectivity index (χ3n) is 5.36. The number of carbonyl (C=O) groups is 1. The molecule has 23 heavy (non-hydrogen) atoms. The van der Waals surface area contributed by atoms with Crippen LogP contribution in [0.2, 0.25) is 0 Å². The van der Waals surface area contributed by atoms with Crippen molar-refractivity contribution in [3.05, 3.63) is 65.2 Å². The average Bonchev–Trinajstić information content (AvgIpc) is 3.12. The molecule has 0 bridgehead atoms. The highest BCUT2D eigenvalue weighted by atomic mass is 16.2. The highest BCUT2D eigenvalue weighted by Crippen LogP contribution is 2.50. The van der Waals surface area contributed by atoms with E-state index in [-0.39, 0.29) is 11.9 Å². The smallest absolute Gasteiger partial charge is 0.237 e. The Kier molecular flexibility index (Phi) is 3.27. The van der Waals surface area contributed by atoms with Gasteiger partial charge in [0.05, 0.1) is 11.5 Å². The van der Waals surface area contributed by atoms with E-state index in [1.165, 1.54) is 11.1 Å². The number of benzene rings is 2. The molecule has 0 unspecified atom stereocenters. The second kappa shape index (κ2) is 5.20. The predicted octanol–water partition coefficient (Wildman–Crippen LogP) is 3.73. The third-order valence-corrected chi connectivity index (χ3v) is 5.36. The van der Waals surface area contributed by atoms with Gasteiger partial charge in [-0.1, -0.05) is 56.3 Å². The lowest BCUT2D eigenvalue weighted by atomic mass is 9.73. The molecule has 1 fully saturated rings. The lowest BCUT2D eigenvalue weighted by Crippen LogP contribution is -2.39. The van der Waals surface area contributed by atoms with Crippen molar-refractivity contribution in [1.29, 1.82) is 0 Å². The van der Waals surface area contributed by atoms with Crippen molar-refractivity contribution in [2.45, 2.75) is 37.6 Å². The van der Waals surface area contributed by atoms with E-state index in [2.05, 4.69) is 54.8 Å². The molecule has 2 N–H and O–H groups in total. The van der Waals surface area contributed by atoms with Crippen molar-refractivity contribution in [1.82, 2.24) is 5.32 Å². The number of hydrogen-bond acceptors (Lipinski definition) is 2. The van der Waals surface area contributed by atoms with Crippen LogP contribution in [0.3, 0.4) is 0 Å². The Hall–Kier alpha value is -2.13. The standard InChI is InChI=1S/C20H22N2O/c1-13(2)14-7-9-15(10-8-14)18-20(11-12-21-18)16-5-3-4-6-17(16)22-19(20)23/h3-10,13,18,21H,11-12H2,1-2H3,(H,22,23)/t18-,20+/m0/s1. The van der Waals surface area contributed by atoms with Gasteiger partial charge in [0, 0.05) is 5.69 Å². The SMILES string of the molecule is CC(C)c1ccc([C@@H]2NCC[C@]23C(=O)Nc2ccccc23)cc1. The molecule has 0 radical (unpaired) electrons. The van der Waals surface area contributed by atoms with E-state index in [4.69, 9.17) is 0 Å². The number of fused-ring (bicyclic) bond motifs is 2. The Labute approximate surface area is 137 Å². The van der Waals surface area contributed by atoms with Crippen molar-refractivity contribution in [2.75, 3.05) is 11.9 Å². The predicted molar refractivity (Wildman–Crippen MR) is 92.6 cm³/mol. The van der Waals surface area contributed by atoms with Crippen LogP contribution in [0, 0.1) is 0 Å². The molecule has 1 spiro atoms. The number of nitrogens with one attached hydrogen (secondary N) is 2. The number of para-hydroxylation sites is 1. The molecule has 2 aromatic rings. The molecule has 3 heteroatoms. The minimum absolute atomic E-state index is 0.0346. The largest absolute Gasteiger partial charge is 0.325 e. The topological polar surface area (TPSA) is 41.1 Å². The van der Waals surface area contributed by atoms with Gasteiger partial charge >= 0.3 is 0 Å². The monoisotopic (exact) mass is 306 g/mol. The maximum atomic E-state index is 12.9. The van der Waals surface area contributed by atoms with E-state index in [0.29, 0.717) is 5.92 Å². The molecule has 2 heterocycles. The van der Waals surface area contributed by atoms with Gasteiger partial charge in [0.25, 0.3) is 0 Å². The molecule has 2 aliphatic heterocycles. The van der Waals surface area contributed by atoms with Crippen LogP contribution in [0.15, 0.2) is 48.5 Å². The van der Waals surface area contributed by atoms with Gasteiger partial charge in [-0.05, 0) is 41.6 Å². The molecule has 4 rings (SSSR count). The number of anilines is 1. The summed E-state index contributed by atoms with van der Waals surface area (Å²) < 4.78 is 0. The summed E-state index contributed by atoms with van der Waals surface area (Å²) in [5.74, 6) is 0.645. The van der Waals surface area contributed by atoms with E-state index in [1.807, 2.05) is 18.2 Å². The summed E-state index contributed by atoms with van der Waals surface area (Å²) in [7, 11) is 0. The molecule has 2 atom stereocenters. The highest BCUT2D eigenvalue weighted by Gasteiger charge is 2.55. The van der Waals surface area contributed by atoms with Gasteiger partial charge < -0.3 is 10.6 Å². The van der Waals surface area contributed by atoms with Gasteiger partial charge in [0.1, 0.15) is 0 Å². The number of amides is 1. The molecule has 1 amide bonds. The van der Waals surface area contributed by atoms with Crippen LogP contribution in [0.5, 0.6) is 0 Å². The van der Waals surface area contributed by atoms with Crippen LogP contribution in [0.25, 0.3) is 0 Å². The van der Waals surface area contributed by atoms with Crippen LogP contribution in [0.1, 0.15) is 48.9 Å². The minimum atomic E-state index is -0.476. The van der Waals surface area contributed by atoms with Gasteiger partial charge in [-0.25, -0.2) is 0 Å². The van der Waals surface area contributed by atoms with Crippen LogP contribution in [0.4, 0.5) is 5.69 Å². The Morgan fingerprint density at radius 2 is 1.83 bits per heavy atom. The Morgan fingerprint density at radius 3 is 2.57 bits per heavy atom. The van der Waals surface area contributed by atoms with Crippen LogP contribution < -0.4 is 10.6 Å². The summed E-state index contributed by atoms with van der Waals surface area (Å²) in [6.45, 7) is 5.26. The van der Waals surface area contributed by atoms with Gasteiger partial charge in [0.2, 0.25) is 5.91 Å².